The first-order chi connectivity index (χ1) is 22.1. The van der Waals surface area contributed by atoms with E-state index in [0.29, 0.717) is 51.6 Å². The maximum absolute atomic E-state index is 14.6. The highest BCUT2D eigenvalue weighted by atomic mass is 35.5. The molecule has 1 aliphatic heterocycles. The molecule has 0 spiro atoms. The van der Waals surface area contributed by atoms with Crippen molar-refractivity contribution in [1.82, 2.24) is 0 Å². The maximum atomic E-state index is 14.6. The number of halogens is 2. The van der Waals surface area contributed by atoms with Crippen molar-refractivity contribution in [2.75, 3.05) is 21.1 Å². The number of carbonyl (C=O) groups is 1. The summed E-state index contributed by atoms with van der Waals surface area (Å²) in [6.45, 7) is 4.72. The molecule has 0 saturated heterocycles. The van der Waals surface area contributed by atoms with Gasteiger partial charge in [-0.25, -0.2) is 8.42 Å². The molecule has 1 N–H and O–H groups in total. The van der Waals surface area contributed by atoms with Gasteiger partial charge in [-0.05, 0) is 86.1 Å². The van der Waals surface area contributed by atoms with E-state index in [9.17, 15) is 13.2 Å². The average Bonchev–Trinajstić information content (AvgIpc) is 3.04. The summed E-state index contributed by atoms with van der Waals surface area (Å²) in [6.07, 6.45) is -0.698. The molecule has 7 nitrogen and oxygen atoms in total. The number of fused-ring (bicyclic) bond motifs is 1. The van der Waals surface area contributed by atoms with Crippen LogP contribution in [0.15, 0.2) is 120 Å². The van der Waals surface area contributed by atoms with Crippen molar-refractivity contribution >= 4 is 56.2 Å². The van der Waals surface area contributed by atoms with Crippen molar-refractivity contribution in [3.05, 3.63) is 148 Å². The van der Waals surface area contributed by atoms with Crippen LogP contribution < -0.4 is 19.3 Å². The third-order valence-corrected chi connectivity index (χ3v) is 9.68. The molecule has 0 unspecified atom stereocenters. The summed E-state index contributed by atoms with van der Waals surface area (Å²) in [4.78, 5) is 18.3. The zero-order chi connectivity index (χ0) is 32.4. The fourth-order valence-corrected chi connectivity index (χ4v) is 7.14. The molecular weight excluding hydrogens is 641 g/mol. The van der Waals surface area contributed by atoms with Gasteiger partial charge in [0.2, 0.25) is 0 Å². The molecule has 6 rings (SSSR count). The number of amides is 1. The largest absolute Gasteiger partial charge is 0.494 e. The maximum Gasteiger partial charge on any atom is 0.262 e. The van der Waals surface area contributed by atoms with Crippen molar-refractivity contribution in [3.8, 4) is 5.75 Å². The van der Waals surface area contributed by atoms with Crippen molar-refractivity contribution in [1.29, 1.82) is 0 Å². The molecule has 0 radical (unpaired) electrons. The van der Waals surface area contributed by atoms with Crippen LogP contribution in [0.5, 0.6) is 5.75 Å². The first-order valence-corrected chi connectivity index (χ1v) is 16.9. The topological polar surface area (TPSA) is 78.9 Å². The molecular formula is C36H31Cl2N3O4S. The van der Waals surface area contributed by atoms with Crippen LogP contribution in [-0.2, 0) is 16.6 Å². The molecule has 5 aromatic rings. The minimum atomic E-state index is -4.02. The third kappa shape index (κ3) is 6.42. The fourth-order valence-electron chi connectivity index (χ4n) is 5.55. The van der Waals surface area contributed by atoms with E-state index < -0.39 is 16.2 Å². The van der Waals surface area contributed by atoms with Gasteiger partial charge in [0.05, 0.1) is 22.8 Å². The Morgan fingerprint density at radius 3 is 2.24 bits per heavy atom. The number of nitrogens with zero attached hydrogens (tertiary/aromatic N) is 2. The van der Waals surface area contributed by atoms with Gasteiger partial charge in [-0.1, -0.05) is 77.3 Å². The lowest BCUT2D eigenvalue weighted by Gasteiger charge is -2.46. The van der Waals surface area contributed by atoms with Crippen molar-refractivity contribution in [2.45, 2.75) is 31.5 Å². The van der Waals surface area contributed by atoms with E-state index in [-0.39, 0.29) is 16.4 Å². The molecule has 1 amide bonds. The van der Waals surface area contributed by atoms with Gasteiger partial charge in [0.1, 0.15) is 11.9 Å². The zero-order valence-electron chi connectivity index (χ0n) is 25.2. The summed E-state index contributed by atoms with van der Waals surface area (Å²) in [5.41, 5.74) is 4.47. The predicted octanol–water partition coefficient (Wildman–Crippen LogP) is 8.87. The monoisotopic (exact) mass is 671 g/mol. The molecule has 0 saturated carbocycles. The number of hydrogen-bond acceptors (Lipinski definition) is 5. The molecule has 0 fully saturated rings. The predicted molar refractivity (Wildman–Crippen MR) is 185 cm³/mol. The number of hydrogen-bond donors (Lipinski definition) is 1. The standard InChI is InChI=1S/C36H31Cl2N3O4S/c1-3-45-29-16-14-28(15-17-29)41-35(31-19-11-26(37)21-33(31)38)40(23-25-7-5-4-6-8-25)34-20-18-30(22-32(34)36(41)42)46(43,44)39-27-12-9-24(2)10-13-27/h4-22,35,39H,3,23H2,1-2H3/t35-/m0/s1. The summed E-state index contributed by atoms with van der Waals surface area (Å²) in [5.74, 6) is 0.278. The van der Waals surface area contributed by atoms with Gasteiger partial charge in [-0.3, -0.25) is 14.4 Å². The van der Waals surface area contributed by atoms with E-state index in [0.717, 1.165) is 11.1 Å². The van der Waals surface area contributed by atoms with Gasteiger partial charge in [0.25, 0.3) is 15.9 Å². The van der Waals surface area contributed by atoms with Crippen LogP contribution in [0.2, 0.25) is 10.0 Å². The molecule has 234 valence electrons. The fraction of sp³-hybridized carbons (Fsp3) is 0.139. The van der Waals surface area contributed by atoms with E-state index in [1.165, 1.54) is 12.1 Å². The smallest absolute Gasteiger partial charge is 0.262 e. The van der Waals surface area contributed by atoms with Gasteiger partial charge in [-0.2, -0.15) is 0 Å². The Kier molecular flexibility index (Phi) is 8.95. The Morgan fingerprint density at radius 1 is 0.848 bits per heavy atom. The second-order valence-corrected chi connectivity index (χ2v) is 13.4. The highest BCUT2D eigenvalue weighted by molar-refractivity contribution is 7.92. The summed E-state index contributed by atoms with van der Waals surface area (Å²) in [7, 11) is -4.02. The van der Waals surface area contributed by atoms with Gasteiger partial charge < -0.3 is 9.64 Å². The first kappa shape index (κ1) is 31.5. The van der Waals surface area contributed by atoms with E-state index in [4.69, 9.17) is 27.9 Å². The number of carbonyl (C=O) groups excluding carboxylic acids is 1. The summed E-state index contributed by atoms with van der Waals surface area (Å²) < 4.78 is 35.4. The van der Waals surface area contributed by atoms with Crippen LogP contribution in [-0.4, -0.2) is 20.9 Å². The lowest BCUT2D eigenvalue weighted by Crippen LogP contribution is -2.49. The molecule has 46 heavy (non-hydrogen) atoms. The number of rotatable bonds is 9. The highest BCUT2D eigenvalue weighted by Gasteiger charge is 2.41. The van der Waals surface area contributed by atoms with Crippen molar-refractivity contribution in [3.63, 3.8) is 0 Å². The molecule has 0 aromatic heterocycles. The van der Waals surface area contributed by atoms with Crippen LogP contribution in [0.25, 0.3) is 0 Å². The summed E-state index contributed by atoms with van der Waals surface area (Å²) in [5, 5.41) is 0.860. The normalized spacial score (nSPS) is 14.6. The van der Waals surface area contributed by atoms with Crippen LogP contribution >= 0.6 is 23.2 Å². The number of ether oxygens (including phenoxy) is 1. The molecule has 1 aliphatic rings. The Bertz CT molecular complexity index is 1990. The van der Waals surface area contributed by atoms with Gasteiger partial charge in [0, 0.05) is 33.5 Å². The number of sulfonamides is 1. The zero-order valence-corrected chi connectivity index (χ0v) is 27.5. The van der Waals surface area contributed by atoms with Gasteiger partial charge >= 0.3 is 0 Å². The Hall–Kier alpha value is -4.50. The number of benzene rings is 5. The van der Waals surface area contributed by atoms with Crippen LogP contribution in [0.1, 0.15) is 40.1 Å². The van der Waals surface area contributed by atoms with Gasteiger partial charge in [0.15, 0.2) is 0 Å². The minimum absolute atomic E-state index is 0.0329. The summed E-state index contributed by atoms with van der Waals surface area (Å²) >= 11 is 13.1. The second kappa shape index (κ2) is 13.1. The average molecular weight is 673 g/mol. The Labute approximate surface area is 279 Å². The molecule has 5 aromatic carbocycles. The highest BCUT2D eigenvalue weighted by Crippen LogP contribution is 2.45. The molecule has 0 aliphatic carbocycles. The Morgan fingerprint density at radius 2 is 1.57 bits per heavy atom. The molecule has 0 bridgehead atoms. The Balaban J connectivity index is 1.53. The molecule has 1 heterocycles. The number of nitrogens with one attached hydrogen (secondary N) is 1. The number of aryl methyl sites for hydroxylation is 1. The van der Waals surface area contributed by atoms with E-state index in [1.54, 1.807) is 47.4 Å². The van der Waals surface area contributed by atoms with E-state index in [1.807, 2.05) is 74.5 Å². The van der Waals surface area contributed by atoms with E-state index in [2.05, 4.69) is 9.62 Å². The molecule has 1 atom stereocenters. The van der Waals surface area contributed by atoms with Crippen LogP contribution in [0, 0.1) is 6.92 Å². The van der Waals surface area contributed by atoms with Crippen molar-refractivity contribution < 1.29 is 17.9 Å². The van der Waals surface area contributed by atoms with Crippen LogP contribution in [0.4, 0.5) is 17.1 Å². The van der Waals surface area contributed by atoms with Gasteiger partial charge in [-0.15, -0.1) is 0 Å². The third-order valence-electron chi connectivity index (χ3n) is 7.74. The second-order valence-electron chi connectivity index (χ2n) is 10.9. The van der Waals surface area contributed by atoms with E-state index >= 15 is 0 Å². The quantitative estimate of drug-likeness (QED) is 0.169. The SMILES string of the molecule is CCOc1ccc(N2C(=O)c3cc(S(=O)(=O)Nc4ccc(C)cc4)ccc3N(Cc3ccccc3)[C@@H]2c2ccc(Cl)cc2Cl)cc1. The lowest BCUT2D eigenvalue weighted by molar-refractivity contribution is 0.0968. The lowest BCUT2D eigenvalue weighted by atomic mass is 9.99. The number of anilines is 3. The molecule has 10 heteroatoms. The first-order valence-electron chi connectivity index (χ1n) is 14.7. The van der Waals surface area contributed by atoms with Crippen molar-refractivity contribution in [2.24, 2.45) is 0 Å². The minimum Gasteiger partial charge on any atom is -0.494 e. The summed E-state index contributed by atoms with van der Waals surface area (Å²) in [6, 6.07) is 34.0. The van der Waals surface area contributed by atoms with Crippen LogP contribution in [0.3, 0.4) is 0 Å².